The van der Waals surface area contributed by atoms with Crippen molar-refractivity contribution in [2.75, 3.05) is 26.1 Å². The number of nitrogens with one attached hydrogen (secondary N) is 2. The standard InChI is InChI=1S/C21H22N2O6/c1-14(24)22-17(11-15-7-5-4-6-8-15)21(26)29-13-20(25)23-16-9-10-18(27-2)19(12-16)28-3/h4-12H,13H2,1-3H3,(H,22,24)(H,23,25)/b17-11-. The molecule has 0 aliphatic heterocycles. The summed E-state index contributed by atoms with van der Waals surface area (Å²) in [6.45, 7) is 0.745. The average molecular weight is 398 g/mol. The van der Waals surface area contributed by atoms with Crippen molar-refractivity contribution < 1.29 is 28.6 Å². The molecule has 0 saturated carbocycles. The van der Waals surface area contributed by atoms with Gasteiger partial charge in [0.15, 0.2) is 18.1 Å². The van der Waals surface area contributed by atoms with Gasteiger partial charge in [-0.25, -0.2) is 4.79 Å². The lowest BCUT2D eigenvalue weighted by Gasteiger charge is -2.11. The van der Waals surface area contributed by atoms with Crippen LogP contribution in [0.3, 0.4) is 0 Å². The molecular formula is C21H22N2O6. The Hall–Kier alpha value is -3.81. The molecule has 0 bridgehead atoms. The Morgan fingerprint density at radius 2 is 1.66 bits per heavy atom. The topological polar surface area (TPSA) is 103 Å². The smallest absolute Gasteiger partial charge is 0.355 e. The Bertz CT molecular complexity index is 909. The SMILES string of the molecule is COc1ccc(NC(=O)COC(=O)/C(=C/c2ccccc2)NC(C)=O)cc1OC. The van der Waals surface area contributed by atoms with Crippen molar-refractivity contribution in [1.82, 2.24) is 5.32 Å². The van der Waals surface area contributed by atoms with Crippen LogP contribution < -0.4 is 20.1 Å². The number of benzene rings is 2. The number of methoxy groups -OCH3 is 2. The zero-order valence-electron chi connectivity index (χ0n) is 16.4. The molecule has 2 amide bonds. The summed E-state index contributed by atoms with van der Waals surface area (Å²) in [4.78, 5) is 35.8. The number of anilines is 1. The van der Waals surface area contributed by atoms with Gasteiger partial charge in [0.2, 0.25) is 5.91 Å². The summed E-state index contributed by atoms with van der Waals surface area (Å²) in [6.07, 6.45) is 1.47. The minimum absolute atomic E-state index is 0.0670. The predicted molar refractivity (Wildman–Crippen MR) is 107 cm³/mol. The average Bonchev–Trinajstić information content (AvgIpc) is 2.71. The molecule has 0 aliphatic rings. The van der Waals surface area contributed by atoms with Gasteiger partial charge in [0, 0.05) is 18.7 Å². The second-order valence-electron chi connectivity index (χ2n) is 5.84. The first-order valence-electron chi connectivity index (χ1n) is 8.66. The Balaban J connectivity index is 2.01. The first kappa shape index (κ1) is 21.5. The Labute approximate surface area is 168 Å². The first-order valence-corrected chi connectivity index (χ1v) is 8.66. The second kappa shape index (κ2) is 10.5. The van der Waals surface area contributed by atoms with Gasteiger partial charge in [-0.2, -0.15) is 0 Å². The van der Waals surface area contributed by atoms with E-state index in [1.807, 2.05) is 6.07 Å². The van der Waals surface area contributed by atoms with Gasteiger partial charge in [-0.15, -0.1) is 0 Å². The molecule has 152 valence electrons. The highest BCUT2D eigenvalue weighted by molar-refractivity contribution is 5.99. The number of hydrogen-bond acceptors (Lipinski definition) is 6. The molecule has 0 heterocycles. The van der Waals surface area contributed by atoms with Gasteiger partial charge >= 0.3 is 5.97 Å². The van der Waals surface area contributed by atoms with E-state index < -0.39 is 24.4 Å². The van der Waals surface area contributed by atoms with E-state index >= 15 is 0 Å². The lowest BCUT2D eigenvalue weighted by Crippen LogP contribution is -2.28. The van der Waals surface area contributed by atoms with E-state index in [1.54, 1.807) is 42.5 Å². The summed E-state index contributed by atoms with van der Waals surface area (Å²) < 4.78 is 15.3. The van der Waals surface area contributed by atoms with Gasteiger partial charge in [0.1, 0.15) is 5.70 Å². The van der Waals surface area contributed by atoms with Gasteiger partial charge in [0.05, 0.1) is 14.2 Å². The highest BCUT2D eigenvalue weighted by Gasteiger charge is 2.15. The fourth-order valence-corrected chi connectivity index (χ4v) is 2.37. The van der Waals surface area contributed by atoms with Crippen LogP contribution in [0, 0.1) is 0 Å². The Kier molecular flexibility index (Phi) is 7.78. The monoisotopic (exact) mass is 398 g/mol. The van der Waals surface area contributed by atoms with Crippen molar-refractivity contribution in [3.05, 3.63) is 59.8 Å². The van der Waals surface area contributed by atoms with Crippen molar-refractivity contribution in [1.29, 1.82) is 0 Å². The van der Waals surface area contributed by atoms with E-state index in [0.29, 0.717) is 22.7 Å². The van der Waals surface area contributed by atoms with Crippen molar-refractivity contribution in [2.24, 2.45) is 0 Å². The van der Waals surface area contributed by atoms with Gasteiger partial charge < -0.3 is 24.8 Å². The zero-order valence-corrected chi connectivity index (χ0v) is 16.4. The van der Waals surface area contributed by atoms with E-state index in [4.69, 9.17) is 14.2 Å². The van der Waals surface area contributed by atoms with Crippen molar-refractivity contribution in [3.8, 4) is 11.5 Å². The number of hydrogen-bond donors (Lipinski definition) is 2. The fourth-order valence-electron chi connectivity index (χ4n) is 2.37. The van der Waals surface area contributed by atoms with E-state index in [1.165, 1.54) is 27.2 Å². The summed E-state index contributed by atoms with van der Waals surface area (Å²) in [5, 5.41) is 5.01. The highest BCUT2D eigenvalue weighted by Crippen LogP contribution is 2.29. The zero-order chi connectivity index (χ0) is 21.2. The maximum absolute atomic E-state index is 12.3. The van der Waals surface area contributed by atoms with Crippen molar-refractivity contribution >= 4 is 29.5 Å². The van der Waals surface area contributed by atoms with E-state index in [2.05, 4.69) is 10.6 Å². The van der Waals surface area contributed by atoms with Gasteiger partial charge in [-0.05, 0) is 23.8 Å². The molecule has 29 heavy (non-hydrogen) atoms. The molecule has 0 aromatic heterocycles. The van der Waals surface area contributed by atoms with Crippen LogP contribution in [0.4, 0.5) is 5.69 Å². The minimum atomic E-state index is -0.827. The van der Waals surface area contributed by atoms with Crippen molar-refractivity contribution in [2.45, 2.75) is 6.92 Å². The molecule has 0 fully saturated rings. The lowest BCUT2D eigenvalue weighted by atomic mass is 10.2. The molecule has 2 rings (SSSR count). The molecule has 2 aromatic rings. The highest BCUT2D eigenvalue weighted by atomic mass is 16.5. The third kappa shape index (κ3) is 6.69. The Morgan fingerprint density at radius 3 is 2.28 bits per heavy atom. The molecule has 0 saturated heterocycles. The minimum Gasteiger partial charge on any atom is -0.493 e. The fraction of sp³-hybridized carbons (Fsp3) is 0.190. The number of esters is 1. The Morgan fingerprint density at radius 1 is 0.966 bits per heavy atom. The van der Waals surface area contributed by atoms with Crippen LogP contribution >= 0.6 is 0 Å². The molecule has 8 heteroatoms. The summed E-state index contributed by atoms with van der Waals surface area (Å²) >= 11 is 0. The molecule has 2 aromatic carbocycles. The third-order valence-electron chi connectivity index (χ3n) is 3.64. The quantitative estimate of drug-likeness (QED) is 0.523. The summed E-state index contributed by atoms with van der Waals surface area (Å²) in [6, 6.07) is 13.8. The van der Waals surface area contributed by atoms with Crippen LogP contribution in [0.5, 0.6) is 11.5 Å². The largest absolute Gasteiger partial charge is 0.493 e. The number of carbonyl (C=O) groups excluding carboxylic acids is 3. The molecular weight excluding hydrogens is 376 g/mol. The van der Waals surface area contributed by atoms with Crippen LogP contribution in [-0.4, -0.2) is 38.6 Å². The molecule has 0 radical (unpaired) electrons. The second-order valence-corrected chi connectivity index (χ2v) is 5.84. The first-order chi connectivity index (χ1) is 13.9. The van der Waals surface area contributed by atoms with Crippen LogP contribution in [0.25, 0.3) is 6.08 Å². The molecule has 0 spiro atoms. The molecule has 2 N–H and O–H groups in total. The van der Waals surface area contributed by atoms with E-state index in [-0.39, 0.29) is 5.70 Å². The molecule has 0 unspecified atom stereocenters. The van der Waals surface area contributed by atoms with Gasteiger partial charge in [-0.1, -0.05) is 30.3 Å². The lowest BCUT2D eigenvalue weighted by molar-refractivity contribution is -0.144. The molecule has 0 atom stereocenters. The van der Waals surface area contributed by atoms with E-state index in [9.17, 15) is 14.4 Å². The summed E-state index contributed by atoms with van der Waals surface area (Å²) in [5.41, 5.74) is 1.08. The van der Waals surface area contributed by atoms with Crippen LogP contribution in [0.1, 0.15) is 12.5 Å². The maximum atomic E-state index is 12.3. The van der Waals surface area contributed by atoms with Crippen LogP contribution in [-0.2, 0) is 19.1 Å². The van der Waals surface area contributed by atoms with Gasteiger partial charge in [0.25, 0.3) is 5.91 Å². The van der Waals surface area contributed by atoms with Gasteiger partial charge in [-0.3, -0.25) is 9.59 Å². The predicted octanol–water partition coefficient (Wildman–Crippen LogP) is 2.36. The normalized spacial score (nSPS) is 10.7. The van der Waals surface area contributed by atoms with Crippen molar-refractivity contribution in [3.63, 3.8) is 0 Å². The number of ether oxygens (including phenoxy) is 3. The molecule has 8 nitrogen and oxygen atoms in total. The van der Waals surface area contributed by atoms with E-state index in [0.717, 1.165) is 0 Å². The maximum Gasteiger partial charge on any atom is 0.355 e. The van der Waals surface area contributed by atoms with Crippen LogP contribution in [0.15, 0.2) is 54.2 Å². The third-order valence-corrected chi connectivity index (χ3v) is 3.64. The van der Waals surface area contributed by atoms with Crippen LogP contribution in [0.2, 0.25) is 0 Å². The number of amides is 2. The number of carbonyl (C=O) groups is 3. The summed E-state index contributed by atoms with van der Waals surface area (Å²) in [7, 11) is 2.99. The molecule has 0 aliphatic carbocycles. The number of rotatable bonds is 8. The summed E-state index contributed by atoms with van der Waals surface area (Å²) in [5.74, 6) is -0.846.